The van der Waals surface area contributed by atoms with Gasteiger partial charge in [0.15, 0.2) is 0 Å². The molecule has 0 aliphatic carbocycles. The maximum Gasteiger partial charge on any atom is 0.329 e. The Morgan fingerprint density at radius 2 is 1.31 bits per heavy atom. The number of carbonyl (C=O) groups excluding carboxylic acids is 2. The third kappa shape index (κ3) is 7.18. The third-order valence-electron chi connectivity index (χ3n) is 5.38. The Bertz CT molecular complexity index is 950. The number of ether oxygens (including phenoxy) is 2. The van der Waals surface area contributed by atoms with E-state index in [4.69, 9.17) is 14.6 Å². The number of rotatable bonds is 13. The summed E-state index contributed by atoms with van der Waals surface area (Å²) in [5.41, 5.74) is 3.19. The van der Waals surface area contributed by atoms with Crippen molar-refractivity contribution < 1.29 is 24.2 Å². The number of esters is 1. The van der Waals surface area contributed by atoms with Crippen LogP contribution in [-0.4, -0.2) is 55.2 Å². The minimum absolute atomic E-state index is 0.0424. The molecule has 3 rings (SSSR count). The van der Waals surface area contributed by atoms with Crippen molar-refractivity contribution in [2.45, 2.75) is 17.7 Å². The molecule has 7 heteroatoms. The van der Waals surface area contributed by atoms with Crippen molar-refractivity contribution in [1.29, 1.82) is 0 Å². The van der Waals surface area contributed by atoms with Gasteiger partial charge in [-0.15, -0.1) is 11.8 Å². The number of benzene rings is 3. The standard InChI is InChI=1S/C28H31NO5S/c1-22(31)29-26(27(32)34-20-19-33-18-17-30)21-35-28(23-11-5-2-6-12-23,24-13-7-3-8-14-24)25-15-9-4-10-16-25/h2-16,26,30H,17-21H2,1H3,(H,29,31)/t26-/m0/s1. The average Bonchev–Trinajstić information content (AvgIpc) is 2.90. The highest BCUT2D eigenvalue weighted by molar-refractivity contribution is 8.00. The SMILES string of the molecule is CC(=O)N[C@@H](CSC(c1ccccc1)(c1ccccc1)c1ccccc1)C(=O)OCCOCCO. The molecule has 184 valence electrons. The molecule has 0 saturated heterocycles. The quantitative estimate of drug-likeness (QED) is 0.214. The van der Waals surface area contributed by atoms with Gasteiger partial charge < -0.3 is 19.9 Å². The topological polar surface area (TPSA) is 84.9 Å². The lowest BCUT2D eigenvalue weighted by molar-refractivity contribution is -0.148. The smallest absolute Gasteiger partial charge is 0.329 e. The van der Waals surface area contributed by atoms with Gasteiger partial charge in [0.2, 0.25) is 5.91 Å². The molecule has 3 aromatic rings. The van der Waals surface area contributed by atoms with E-state index in [2.05, 4.69) is 41.7 Å². The molecular weight excluding hydrogens is 462 g/mol. The van der Waals surface area contributed by atoms with E-state index in [0.717, 1.165) is 16.7 Å². The Morgan fingerprint density at radius 1 is 0.829 bits per heavy atom. The van der Waals surface area contributed by atoms with Gasteiger partial charge in [-0.1, -0.05) is 91.0 Å². The third-order valence-corrected chi connectivity index (χ3v) is 7.02. The summed E-state index contributed by atoms with van der Waals surface area (Å²) >= 11 is 1.57. The summed E-state index contributed by atoms with van der Waals surface area (Å²) in [6, 6.07) is 29.6. The van der Waals surface area contributed by atoms with E-state index in [0.29, 0.717) is 0 Å². The molecule has 0 saturated carbocycles. The number of thioether (sulfide) groups is 1. The number of carbonyl (C=O) groups is 2. The molecule has 2 N–H and O–H groups in total. The highest BCUT2D eigenvalue weighted by atomic mass is 32.2. The van der Waals surface area contributed by atoms with Crippen LogP contribution >= 0.6 is 11.8 Å². The summed E-state index contributed by atoms with van der Waals surface area (Å²) in [6.07, 6.45) is 0. The van der Waals surface area contributed by atoms with Crippen LogP contribution in [0.1, 0.15) is 23.6 Å². The second-order valence-electron chi connectivity index (χ2n) is 7.85. The van der Waals surface area contributed by atoms with E-state index in [-0.39, 0.29) is 38.1 Å². The van der Waals surface area contributed by atoms with Crippen LogP contribution in [0.2, 0.25) is 0 Å². The van der Waals surface area contributed by atoms with Crippen LogP contribution in [0.3, 0.4) is 0 Å². The summed E-state index contributed by atoms with van der Waals surface area (Å²) in [4.78, 5) is 24.8. The largest absolute Gasteiger partial charge is 0.462 e. The molecule has 0 unspecified atom stereocenters. The van der Waals surface area contributed by atoms with Gasteiger partial charge in [0, 0.05) is 12.7 Å². The fourth-order valence-electron chi connectivity index (χ4n) is 3.86. The summed E-state index contributed by atoms with van der Waals surface area (Å²) in [7, 11) is 0. The number of aliphatic hydroxyl groups excluding tert-OH is 1. The van der Waals surface area contributed by atoms with E-state index in [1.54, 1.807) is 11.8 Å². The summed E-state index contributed by atoms with van der Waals surface area (Å²) in [5, 5.41) is 11.6. The van der Waals surface area contributed by atoms with Crippen molar-refractivity contribution in [3.05, 3.63) is 108 Å². The second-order valence-corrected chi connectivity index (χ2v) is 9.08. The van der Waals surface area contributed by atoms with Gasteiger partial charge in [0.05, 0.1) is 24.6 Å². The predicted octanol–water partition coefficient (Wildman–Crippen LogP) is 3.77. The predicted molar refractivity (Wildman–Crippen MR) is 138 cm³/mol. The zero-order valence-electron chi connectivity index (χ0n) is 19.8. The van der Waals surface area contributed by atoms with Crippen LogP contribution in [0.25, 0.3) is 0 Å². The van der Waals surface area contributed by atoms with Crippen molar-refractivity contribution in [1.82, 2.24) is 5.32 Å². The Labute approximate surface area is 210 Å². The molecule has 0 heterocycles. The molecule has 0 fully saturated rings. The summed E-state index contributed by atoms with van der Waals surface area (Å²) < 4.78 is 9.90. The maximum atomic E-state index is 12.9. The highest BCUT2D eigenvalue weighted by Crippen LogP contribution is 2.48. The van der Waals surface area contributed by atoms with Crippen LogP contribution in [0.4, 0.5) is 0 Å². The first-order chi connectivity index (χ1) is 17.1. The lowest BCUT2D eigenvalue weighted by Gasteiger charge is -2.36. The molecule has 0 radical (unpaired) electrons. The maximum absolute atomic E-state index is 12.9. The minimum atomic E-state index is -0.842. The lowest BCUT2D eigenvalue weighted by atomic mass is 9.84. The van der Waals surface area contributed by atoms with Gasteiger partial charge in [-0.05, 0) is 16.7 Å². The molecule has 0 spiro atoms. The number of hydrogen-bond donors (Lipinski definition) is 2. The zero-order chi connectivity index (χ0) is 24.9. The van der Waals surface area contributed by atoms with Gasteiger partial charge in [-0.2, -0.15) is 0 Å². The molecule has 35 heavy (non-hydrogen) atoms. The van der Waals surface area contributed by atoms with Gasteiger partial charge >= 0.3 is 5.97 Å². The number of aliphatic hydroxyl groups is 1. The van der Waals surface area contributed by atoms with Crippen LogP contribution < -0.4 is 5.32 Å². The molecule has 0 aliphatic rings. The van der Waals surface area contributed by atoms with Crippen molar-refractivity contribution in [2.24, 2.45) is 0 Å². The minimum Gasteiger partial charge on any atom is -0.462 e. The number of nitrogens with one attached hydrogen (secondary N) is 1. The number of hydrogen-bond acceptors (Lipinski definition) is 6. The molecule has 1 amide bonds. The van der Waals surface area contributed by atoms with E-state index in [1.807, 2.05) is 54.6 Å². The van der Waals surface area contributed by atoms with Crippen molar-refractivity contribution in [2.75, 3.05) is 32.2 Å². The van der Waals surface area contributed by atoms with Crippen molar-refractivity contribution >= 4 is 23.6 Å². The first-order valence-electron chi connectivity index (χ1n) is 11.5. The second kappa shape index (κ2) is 13.7. The fourth-order valence-corrected chi connectivity index (χ4v) is 5.40. The Balaban J connectivity index is 1.94. The van der Waals surface area contributed by atoms with Crippen LogP contribution in [0.5, 0.6) is 0 Å². The van der Waals surface area contributed by atoms with Gasteiger partial charge in [-0.25, -0.2) is 4.79 Å². The zero-order valence-corrected chi connectivity index (χ0v) is 20.6. The molecule has 1 atom stereocenters. The fraction of sp³-hybridized carbons (Fsp3) is 0.286. The van der Waals surface area contributed by atoms with E-state index in [1.165, 1.54) is 6.92 Å². The molecule has 3 aromatic carbocycles. The van der Waals surface area contributed by atoms with Gasteiger partial charge in [0.1, 0.15) is 12.6 Å². The average molecular weight is 494 g/mol. The Morgan fingerprint density at radius 3 is 1.74 bits per heavy atom. The first kappa shape index (κ1) is 26.5. The Kier molecular flexibility index (Phi) is 10.3. The lowest BCUT2D eigenvalue weighted by Crippen LogP contribution is -2.44. The van der Waals surface area contributed by atoms with Crippen LogP contribution in [0, 0.1) is 0 Å². The van der Waals surface area contributed by atoms with Crippen molar-refractivity contribution in [3.63, 3.8) is 0 Å². The van der Waals surface area contributed by atoms with Gasteiger partial charge in [0.25, 0.3) is 0 Å². The van der Waals surface area contributed by atoms with E-state index < -0.39 is 16.8 Å². The molecular formula is C28H31NO5S. The highest BCUT2D eigenvalue weighted by Gasteiger charge is 2.38. The first-order valence-corrected chi connectivity index (χ1v) is 12.5. The molecule has 6 nitrogen and oxygen atoms in total. The van der Waals surface area contributed by atoms with E-state index >= 15 is 0 Å². The normalized spacial score (nSPS) is 12.1. The Hall–Kier alpha value is -3.13. The molecule has 0 bridgehead atoms. The summed E-state index contributed by atoms with van der Waals surface area (Å²) in [5.74, 6) is -0.550. The summed E-state index contributed by atoms with van der Waals surface area (Å²) in [6.45, 7) is 1.68. The van der Waals surface area contributed by atoms with Crippen molar-refractivity contribution in [3.8, 4) is 0 Å². The monoisotopic (exact) mass is 493 g/mol. The van der Waals surface area contributed by atoms with Gasteiger partial charge in [-0.3, -0.25) is 4.79 Å². The van der Waals surface area contributed by atoms with Crippen LogP contribution in [-0.2, 0) is 23.8 Å². The molecule has 0 aliphatic heterocycles. The molecule has 0 aromatic heterocycles. The van der Waals surface area contributed by atoms with E-state index in [9.17, 15) is 9.59 Å². The van der Waals surface area contributed by atoms with Crippen LogP contribution in [0.15, 0.2) is 91.0 Å². The number of amides is 1.